The molecule has 0 bridgehead atoms. The van der Waals surface area contributed by atoms with Crippen molar-refractivity contribution in [2.75, 3.05) is 0 Å². The van der Waals surface area contributed by atoms with Crippen molar-refractivity contribution in [2.45, 2.75) is 45.1 Å². The third-order valence-corrected chi connectivity index (χ3v) is 4.04. The van der Waals surface area contributed by atoms with E-state index in [0.29, 0.717) is 12.0 Å². The van der Waals surface area contributed by atoms with Crippen molar-refractivity contribution in [3.05, 3.63) is 35.4 Å². The third-order valence-electron chi connectivity index (χ3n) is 4.04. The van der Waals surface area contributed by atoms with Gasteiger partial charge in [0.1, 0.15) is 6.04 Å². The summed E-state index contributed by atoms with van der Waals surface area (Å²) in [4.78, 5) is 49.4. The van der Waals surface area contributed by atoms with Gasteiger partial charge in [0.25, 0.3) is 0 Å². The molecule has 0 spiro atoms. The fourth-order valence-electron chi connectivity index (χ4n) is 2.24. The fourth-order valence-corrected chi connectivity index (χ4v) is 2.24. The van der Waals surface area contributed by atoms with Crippen LogP contribution in [0.15, 0.2) is 24.3 Å². The van der Waals surface area contributed by atoms with Crippen LogP contribution in [0.5, 0.6) is 0 Å². The Morgan fingerprint density at radius 3 is 2.07 bits per heavy atom. The van der Waals surface area contributed by atoms with Gasteiger partial charge in [-0.2, -0.15) is 0 Å². The van der Waals surface area contributed by atoms with Gasteiger partial charge >= 0.3 is 23.9 Å². The highest BCUT2D eigenvalue weighted by Gasteiger charge is 2.23. The van der Waals surface area contributed by atoms with Crippen molar-refractivity contribution in [1.29, 1.82) is 0 Å². The van der Waals surface area contributed by atoms with Crippen LogP contribution in [0.1, 0.15) is 43.7 Å². The van der Waals surface area contributed by atoms with Crippen molar-refractivity contribution < 1.29 is 39.3 Å². The standard InChI is InChI=1S/C18H23NO8/c1-10(16(22)23)9-12-3-5-13(6-4-12)11(2)18(26)27-19-14(17(24)25)7-8-15(20)21/h3-6,10-11,14,19H,7-9H2,1-2H3,(H,20,21)(H,22,23)(H,24,25)/t10?,11?,14-/m0/s1. The number of benzene rings is 1. The molecule has 0 heterocycles. The van der Waals surface area contributed by atoms with Gasteiger partial charge in [-0.15, -0.1) is 5.48 Å². The van der Waals surface area contributed by atoms with E-state index in [2.05, 4.69) is 5.48 Å². The number of rotatable bonds is 11. The summed E-state index contributed by atoms with van der Waals surface area (Å²) in [7, 11) is 0. The van der Waals surface area contributed by atoms with Crippen molar-refractivity contribution in [1.82, 2.24) is 5.48 Å². The Morgan fingerprint density at radius 2 is 1.59 bits per heavy atom. The molecule has 4 N–H and O–H groups in total. The van der Waals surface area contributed by atoms with Crippen molar-refractivity contribution in [3.63, 3.8) is 0 Å². The number of hydroxylamine groups is 1. The SMILES string of the molecule is CC(Cc1ccc(C(C)C(=O)ON[C@@H](CCC(=O)O)C(=O)O)cc1)C(=O)O. The molecule has 0 fully saturated rings. The minimum Gasteiger partial charge on any atom is -0.481 e. The highest BCUT2D eigenvalue weighted by atomic mass is 16.7. The van der Waals surface area contributed by atoms with Gasteiger partial charge < -0.3 is 20.2 Å². The van der Waals surface area contributed by atoms with Crippen LogP contribution in [0.25, 0.3) is 0 Å². The summed E-state index contributed by atoms with van der Waals surface area (Å²) in [6, 6.07) is 5.47. The molecule has 0 aromatic heterocycles. The van der Waals surface area contributed by atoms with Gasteiger partial charge in [0.2, 0.25) is 0 Å². The maximum absolute atomic E-state index is 12.1. The molecule has 2 unspecified atom stereocenters. The Labute approximate surface area is 155 Å². The number of carbonyl (C=O) groups is 4. The maximum atomic E-state index is 12.1. The molecule has 0 saturated heterocycles. The van der Waals surface area contributed by atoms with Gasteiger partial charge in [-0.05, 0) is 30.9 Å². The lowest BCUT2D eigenvalue weighted by molar-refractivity contribution is -0.159. The highest BCUT2D eigenvalue weighted by molar-refractivity contribution is 5.78. The number of aliphatic carboxylic acids is 3. The highest BCUT2D eigenvalue weighted by Crippen LogP contribution is 2.19. The molecule has 1 aromatic rings. The van der Waals surface area contributed by atoms with Gasteiger partial charge in [0.15, 0.2) is 0 Å². The number of carbonyl (C=O) groups excluding carboxylic acids is 1. The topological polar surface area (TPSA) is 150 Å². The number of nitrogens with one attached hydrogen (secondary N) is 1. The van der Waals surface area contributed by atoms with E-state index < -0.39 is 41.8 Å². The lowest BCUT2D eigenvalue weighted by Gasteiger charge is -2.16. The average Bonchev–Trinajstić information content (AvgIpc) is 2.60. The second-order valence-electron chi connectivity index (χ2n) is 6.27. The summed E-state index contributed by atoms with van der Waals surface area (Å²) in [5.74, 6) is -5.31. The first-order valence-corrected chi connectivity index (χ1v) is 8.34. The van der Waals surface area contributed by atoms with Crippen LogP contribution in [-0.2, 0) is 30.4 Å². The lowest BCUT2D eigenvalue weighted by atomic mass is 9.96. The Morgan fingerprint density at radius 1 is 1.00 bits per heavy atom. The molecule has 1 rings (SSSR count). The van der Waals surface area contributed by atoms with Crippen LogP contribution < -0.4 is 5.48 Å². The van der Waals surface area contributed by atoms with E-state index >= 15 is 0 Å². The first-order valence-electron chi connectivity index (χ1n) is 8.34. The maximum Gasteiger partial charge on any atom is 0.331 e. The number of hydrogen-bond acceptors (Lipinski definition) is 6. The first kappa shape index (κ1) is 22.1. The molecule has 27 heavy (non-hydrogen) atoms. The predicted octanol–water partition coefficient (Wildman–Crippen LogP) is 1.42. The molecule has 0 aliphatic carbocycles. The Kier molecular flexibility index (Phi) is 8.40. The summed E-state index contributed by atoms with van der Waals surface area (Å²) >= 11 is 0. The summed E-state index contributed by atoms with van der Waals surface area (Å²) in [5, 5.41) is 26.5. The summed E-state index contributed by atoms with van der Waals surface area (Å²) in [6.45, 7) is 3.18. The zero-order valence-corrected chi connectivity index (χ0v) is 15.0. The second kappa shape index (κ2) is 10.3. The summed E-state index contributed by atoms with van der Waals surface area (Å²) in [6.07, 6.45) is -0.254. The van der Waals surface area contributed by atoms with E-state index in [-0.39, 0.29) is 12.8 Å². The molecule has 0 amide bonds. The summed E-state index contributed by atoms with van der Waals surface area (Å²) in [5.41, 5.74) is 3.53. The number of hydrogen-bond donors (Lipinski definition) is 4. The minimum absolute atomic E-state index is 0.233. The van der Waals surface area contributed by atoms with Crippen LogP contribution in [0.4, 0.5) is 0 Å². The third kappa shape index (κ3) is 7.45. The molecular formula is C18H23NO8. The monoisotopic (exact) mass is 381 g/mol. The molecule has 0 radical (unpaired) electrons. The van der Waals surface area contributed by atoms with Gasteiger partial charge in [-0.3, -0.25) is 14.4 Å². The second-order valence-corrected chi connectivity index (χ2v) is 6.27. The smallest absolute Gasteiger partial charge is 0.331 e. The predicted molar refractivity (Wildman–Crippen MR) is 92.9 cm³/mol. The van der Waals surface area contributed by atoms with E-state index in [1.807, 2.05) is 0 Å². The van der Waals surface area contributed by atoms with Gasteiger partial charge in [0.05, 0.1) is 11.8 Å². The van der Waals surface area contributed by atoms with Crippen LogP contribution in [0.3, 0.4) is 0 Å². The molecule has 1 aromatic carbocycles. The quantitative estimate of drug-likeness (QED) is 0.417. The molecule has 9 nitrogen and oxygen atoms in total. The first-order chi connectivity index (χ1) is 12.6. The van der Waals surface area contributed by atoms with Crippen molar-refractivity contribution in [2.24, 2.45) is 5.92 Å². The molecule has 3 atom stereocenters. The Bertz CT molecular complexity index is 685. The van der Waals surface area contributed by atoms with Gasteiger partial charge in [-0.25, -0.2) is 4.79 Å². The molecule has 148 valence electrons. The van der Waals surface area contributed by atoms with E-state index in [0.717, 1.165) is 5.56 Å². The van der Waals surface area contributed by atoms with Crippen LogP contribution in [0.2, 0.25) is 0 Å². The molecule has 0 saturated carbocycles. The van der Waals surface area contributed by atoms with Crippen LogP contribution >= 0.6 is 0 Å². The zero-order valence-electron chi connectivity index (χ0n) is 15.0. The van der Waals surface area contributed by atoms with E-state index in [9.17, 15) is 19.2 Å². The molecule has 0 aliphatic heterocycles. The van der Waals surface area contributed by atoms with E-state index in [1.54, 1.807) is 38.1 Å². The van der Waals surface area contributed by atoms with Gasteiger partial charge in [-0.1, -0.05) is 31.2 Å². The molecular weight excluding hydrogens is 358 g/mol. The fraction of sp³-hybridized carbons (Fsp3) is 0.444. The number of carboxylic acids is 3. The van der Waals surface area contributed by atoms with Crippen molar-refractivity contribution >= 4 is 23.9 Å². The lowest BCUT2D eigenvalue weighted by Crippen LogP contribution is -2.39. The Hall–Kier alpha value is -2.94. The minimum atomic E-state index is -1.33. The Balaban J connectivity index is 2.63. The zero-order chi connectivity index (χ0) is 20.6. The molecule has 0 aliphatic rings. The number of carboxylic acid groups (broad SMARTS) is 3. The van der Waals surface area contributed by atoms with Crippen LogP contribution in [-0.4, -0.2) is 45.2 Å². The molecule has 9 heteroatoms. The summed E-state index contributed by atoms with van der Waals surface area (Å²) < 4.78 is 0. The van der Waals surface area contributed by atoms with Gasteiger partial charge in [0, 0.05) is 6.42 Å². The van der Waals surface area contributed by atoms with E-state index in [1.165, 1.54) is 0 Å². The van der Waals surface area contributed by atoms with E-state index in [4.69, 9.17) is 20.2 Å². The normalized spacial score (nSPS) is 14.0. The average molecular weight is 381 g/mol. The van der Waals surface area contributed by atoms with Crippen LogP contribution in [0, 0.1) is 5.92 Å². The largest absolute Gasteiger partial charge is 0.481 e. The van der Waals surface area contributed by atoms with Crippen molar-refractivity contribution in [3.8, 4) is 0 Å².